The lowest BCUT2D eigenvalue weighted by molar-refractivity contribution is -0.0622. The van der Waals surface area contributed by atoms with Crippen molar-refractivity contribution in [3.05, 3.63) is 0 Å². The smallest absolute Gasteiger partial charge is 0.0708 e. The van der Waals surface area contributed by atoms with Crippen molar-refractivity contribution >= 4 is 0 Å². The van der Waals surface area contributed by atoms with Gasteiger partial charge in [-0.2, -0.15) is 0 Å². The molecule has 2 nitrogen and oxygen atoms in total. The van der Waals surface area contributed by atoms with Gasteiger partial charge in [0.25, 0.3) is 0 Å². The van der Waals surface area contributed by atoms with Gasteiger partial charge in [-0.25, -0.2) is 0 Å². The van der Waals surface area contributed by atoms with Crippen molar-refractivity contribution in [1.29, 1.82) is 0 Å². The highest BCUT2D eigenvalue weighted by Crippen LogP contribution is 2.41. The second-order valence-electron chi connectivity index (χ2n) is 4.83. The van der Waals surface area contributed by atoms with E-state index < -0.39 is 0 Å². The molecule has 82 valence electrons. The van der Waals surface area contributed by atoms with Crippen LogP contribution < -0.4 is 5.32 Å². The van der Waals surface area contributed by atoms with Gasteiger partial charge in [0.15, 0.2) is 0 Å². The average molecular weight is 197 g/mol. The number of rotatable bonds is 3. The molecule has 0 bridgehead atoms. The molecule has 2 rings (SSSR count). The molecule has 1 spiro atoms. The van der Waals surface area contributed by atoms with Gasteiger partial charge in [-0.05, 0) is 32.2 Å². The van der Waals surface area contributed by atoms with Crippen LogP contribution in [0.3, 0.4) is 0 Å². The summed E-state index contributed by atoms with van der Waals surface area (Å²) in [6.45, 7) is 4.27. The first-order valence-corrected chi connectivity index (χ1v) is 6.23. The Labute approximate surface area is 87.4 Å². The van der Waals surface area contributed by atoms with Crippen LogP contribution in [0.2, 0.25) is 0 Å². The minimum atomic E-state index is 0.304. The number of hydrogen-bond acceptors (Lipinski definition) is 2. The van der Waals surface area contributed by atoms with Crippen LogP contribution in [0.15, 0.2) is 0 Å². The van der Waals surface area contributed by atoms with Gasteiger partial charge in [-0.1, -0.05) is 26.2 Å². The molecule has 0 radical (unpaired) electrons. The molecular weight excluding hydrogens is 174 g/mol. The molecule has 2 heteroatoms. The van der Waals surface area contributed by atoms with Crippen molar-refractivity contribution in [2.75, 3.05) is 13.1 Å². The molecule has 1 atom stereocenters. The molecule has 1 unspecified atom stereocenters. The third-order valence-corrected chi connectivity index (χ3v) is 3.73. The van der Waals surface area contributed by atoms with Crippen LogP contribution in [-0.2, 0) is 4.74 Å². The maximum absolute atomic E-state index is 6.23. The van der Waals surface area contributed by atoms with Gasteiger partial charge in [0.2, 0.25) is 0 Å². The summed E-state index contributed by atoms with van der Waals surface area (Å²) in [5.74, 6) is 0. The lowest BCUT2D eigenvalue weighted by Crippen LogP contribution is -2.34. The Balaban J connectivity index is 1.80. The van der Waals surface area contributed by atoms with E-state index in [9.17, 15) is 0 Å². The molecule has 2 aliphatic rings. The summed E-state index contributed by atoms with van der Waals surface area (Å²) in [4.78, 5) is 0. The molecule has 1 saturated heterocycles. The molecule has 14 heavy (non-hydrogen) atoms. The second-order valence-corrected chi connectivity index (χ2v) is 4.83. The van der Waals surface area contributed by atoms with E-state index in [2.05, 4.69) is 12.2 Å². The quantitative estimate of drug-likeness (QED) is 0.750. The van der Waals surface area contributed by atoms with Gasteiger partial charge < -0.3 is 10.1 Å². The van der Waals surface area contributed by atoms with E-state index >= 15 is 0 Å². The number of ether oxygens (including phenoxy) is 1. The third kappa shape index (κ3) is 2.29. The molecule has 0 aromatic carbocycles. The van der Waals surface area contributed by atoms with E-state index in [1.807, 2.05) is 0 Å². The Morgan fingerprint density at radius 3 is 2.71 bits per heavy atom. The third-order valence-electron chi connectivity index (χ3n) is 3.73. The highest BCUT2D eigenvalue weighted by atomic mass is 16.5. The Morgan fingerprint density at radius 1 is 1.21 bits per heavy atom. The number of hydrogen-bond donors (Lipinski definition) is 1. The second kappa shape index (κ2) is 4.63. The van der Waals surface area contributed by atoms with Crippen molar-refractivity contribution in [1.82, 2.24) is 5.32 Å². The summed E-state index contributed by atoms with van der Waals surface area (Å²) in [7, 11) is 0. The molecule has 0 amide bonds. The van der Waals surface area contributed by atoms with E-state index in [1.54, 1.807) is 0 Å². The van der Waals surface area contributed by atoms with E-state index in [-0.39, 0.29) is 0 Å². The summed E-state index contributed by atoms with van der Waals surface area (Å²) >= 11 is 0. The Morgan fingerprint density at radius 2 is 2.00 bits per heavy atom. The first-order valence-electron chi connectivity index (χ1n) is 6.23. The van der Waals surface area contributed by atoms with E-state index in [0.29, 0.717) is 11.7 Å². The van der Waals surface area contributed by atoms with Gasteiger partial charge in [-0.3, -0.25) is 0 Å². The summed E-state index contributed by atoms with van der Waals surface area (Å²) < 4.78 is 6.23. The van der Waals surface area contributed by atoms with Crippen molar-refractivity contribution in [2.45, 2.75) is 63.6 Å². The monoisotopic (exact) mass is 197 g/mol. The van der Waals surface area contributed by atoms with Crippen LogP contribution in [0.25, 0.3) is 0 Å². The number of nitrogens with one attached hydrogen (secondary N) is 1. The molecule has 0 aromatic rings. The fourth-order valence-electron chi connectivity index (χ4n) is 2.91. The SMILES string of the molecule is CCNCC1CCC2(CCCCC2)O1. The minimum Gasteiger partial charge on any atom is -0.370 e. The predicted octanol–water partition coefficient (Wildman–Crippen LogP) is 2.48. The average Bonchev–Trinajstić information content (AvgIpc) is 2.60. The van der Waals surface area contributed by atoms with Crippen molar-refractivity contribution in [3.8, 4) is 0 Å². The van der Waals surface area contributed by atoms with Crippen LogP contribution in [0, 0.1) is 0 Å². The van der Waals surface area contributed by atoms with Gasteiger partial charge >= 0.3 is 0 Å². The maximum atomic E-state index is 6.23. The number of likely N-dealkylation sites (N-methyl/N-ethyl adjacent to an activating group) is 1. The fourth-order valence-corrected chi connectivity index (χ4v) is 2.91. The minimum absolute atomic E-state index is 0.304. The van der Waals surface area contributed by atoms with Crippen LogP contribution in [0.5, 0.6) is 0 Å². The van der Waals surface area contributed by atoms with Crippen molar-refractivity contribution in [2.24, 2.45) is 0 Å². The predicted molar refractivity (Wildman–Crippen MR) is 58.5 cm³/mol. The van der Waals surface area contributed by atoms with Gasteiger partial charge in [0.1, 0.15) is 0 Å². The highest BCUT2D eigenvalue weighted by molar-refractivity contribution is 4.91. The normalized spacial score (nSPS) is 31.1. The van der Waals surface area contributed by atoms with Crippen LogP contribution in [-0.4, -0.2) is 24.8 Å². The van der Waals surface area contributed by atoms with Gasteiger partial charge in [0, 0.05) is 6.54 Å². The Kier molecular flexibility index (Phi) is 3.45. The highest BCUT2D eigenvalue weighted by Gasteiger charge is 2.40. The lowest BCUT2D eigenvalue weighted by atomic mass is 9.83. The summed E-state index contributed by atoms with van der Waals surface area (Å²) in [6, 6.07) is 0. The van der Waals surface area contributed by atoms with Gasteiger partial charge in [0.05, 0.1) is 11.7 Å². The van der Waals surface area contributed by atoms with E-state index in [4.69, 9.17) is 4.74 Å². The molecule has 1 saturated carbocycles. The van der Waals surface area contributed by atoms with Crippen molar-refractivity contribution in [3.63, 3.8) is 0 Å². The Hall–Kier alpha value is -0.0800. The topological polar surface area (TPSA) is 21.3 Å². The van der Waals surface area contributed by atoms with Crippen molar-refractivity contribution < 1.29 is 4.74 Å². The standard InChI is InChI=1S/C12H23NO/c1-2-13-10-11-6-9-12(14-11)7-4-3-5-8-12/h11,13H,2-10H2,1H3. The zero-order chi connectivity index (χ0) is 9.86. The molecular formula is C12H23NO. The van der Waals surface area contributed by atoms with Crippen LogP contribution in [0.4, 0.5) is 0 Å². The van der Waals surface area contributed by atoms with Crippen LogP contribution >= 0.6 is 0 Å². The molecule has 1 aliphatic heterocycles. The maximum Gasteiger partial charge on any atom is 0.0708 e. The molecule has 2 fully saturated rings. The first kappa shape index (κ1) is 10.4. The summed E-state index contributed by atoms with van der Waals surface area (Å²) in [6.07, 6.45) is 9.89. The summed E-state index contributed by atoms with van der Waals surface area (Å²) in [5.41, 5.74) is 0.304. The van der Waals surface area contributed by atoms with E-state index in [1.165, 1.54) is 44.9 Å². The van der Waals surface area contributed by atoms with Gasteiger partial charge in [-0.15, -0.1) is 0 Å². The fraction of sp³-hybridized carbons (Fsp3) is 1.00. The van der Waals surface area contributed by atoms with Crippen LogP contribution in [0.1, 0.15) is 51.9 Å². The zero-order valence-corrected chi connectivity index (χ0v) is 9.35. The van der Waals surface area contributed by atoms with E-state index in [0.717, 1.165) is 13.1 Å². The lowest BCUT2D eigenvalue weighted by Gasteiger charge is -2.33. The molecule has 1 heterocycles. The Bertz CT molecular complexity index is 175. The summed E-state index contributed by atoms with van der Waals surface area (Å²) in [5, 5.41) is 3.39. The zero-order valence-electron chi connectivity index (χ0n) is 9.35. The molecule has 0 aromatic heterocycles. The molecule has 1 N–H and O–H groups in total. The first-order chi connectivity index (χ1) is 6.85. The largest absolute Gasteiger partial charge is 0.370 e. The molecule has 1 aliphatic carbocycles.